The van der Waals surface area contributed by atoms with Crippen LogP contribution in [0.25, 0.3) is 0 Å². The molecule has 0 saturated carbocycles. The van der Waals surface area contributed by atoms with Crippen molar-refractivity contribution in [3.8, 4) is 0 Å². The maximum Gasteiger partial charge on any atom is 0.282 e. The standard InChI is InChI=1S/2C8H20N.ClHO3/c2*1-5-9(6-2,7-3)8-4;2-1(3)4/h2*5-8H2,1-4H3;2H/q2*+1;. The lowest BCUT2D eigenvalue weighted by Gasteiger charge is -2.34. The molecule has 22 heavy (non-hydrogen) atoms. The summed E-state index contributed by atoms with van der Waals surface area (Å²) in [5.74, 6) is 0. The highest BCUT2D eigenvalue weighted by atomic mass is 35.6. The predicted octanol–water partition coefficient (Wildman–Crippen LogP) is 0.831. The highest BCUT2D eigenvalue weighted by Crippen LogP contribution is 2.03. The van der Waals surface area contributed by atoms with E-state index in [4.69, 9.17) is 14.0 Å². The van der Waals surface area contributed by atoms with Gasteiger partial charge in [0.2, 0.25) is 0 Å². The first-order valence-corrected chi connectivity index (χ1v) is 9.62. The molecule has 0 aliphatic carbocycles. The summed E-state index contributed by atoms with van der Waals surface area (Å²) in [5.41, 5.74) is 0. The second kappa shape index (κ2) is 16.0. The van der Waals surface area contributed by atoms with Crippen LogP contribution in [0.4, 0.5) is 0 Å². The number of rotatable bonds is 8. The molecule has 0 spiro atoms. The number of nitrogens with zero attached hydrogens (tertiary/aromatic N) is 2. The first kappa shape index (κ1) is 27.0. The molecule has 138 valence electrons. The Bertz CT molecular complexity index is 164. The van der Waals surface area contributed by atoms with Gasteiger partial charge in [0.1, 0.15) is 0 Å². The summed E-state index contributed by atoms with van der Waals surface area (Å²) < 4.78 is 26.5. The molecule has 0 aromatic heterocycles. The van der Waals surface area contributed by atoms with Gasteiger partial charge in [-0.2, -0.15) is 0 Å². The first-order chi connectivity index (χ1) is 10.2. The van der Waals surface area contributed by atoms with Crippen LogP contribution in [-0.4, -0.2) is 66.0 Å². The molecule has 1 N–H and O–H groups in total. The minimum absolute atomic E-state index is 1.28. The highest BCUT2D eigenvalue weighted by Gasteiger charge is 2.16. The van der Waals surface area contributed by atoms with E-state index in [0.29, 0.717) is 0 Å². The molecule has 0 atom stereocenters. The van der Waals surface area contributed by atoms with Crippen LogP contribution >= 0.6 is 0 Å². The molecule has 0 aliphatic heterocycles. The van der Waals surface area contributed by atoms with Gasteiger partial charge in [-0.1, -0.05) is 0 Å². The van der Waals surface area contributed by atoms with Crippen molar-refractivity contribution >= 4 is 0 Å². The number of hydrogen-bond acceptors (Lipinski definition) is 3. The summed E-state index contributed by atoms with van der Waals surface area (Å²) in [6.45, 7) is 28.4. The lowest BCUT2D eigenvalue weighted by molar-refractivity contribution is -1.63. The van der Waals surface area contributed by atoms with Gasteiger partial charge < -0.3 is 18.3 Å². The van der Waals surface area contributed by atoms with Crippen molar-refractivity contribution in [2.75, 3.05) is 52.4 Å². The van der Waals surface area contributed by atoms with Crippen molar-refractivity contribution in [1.82, 2.24) is 0 Å². The number of halogens is 1. The quantitative estimate of drug-likeness (QED) is 0.663. The maximum absolute atomic E-state index is 8.52. The molecule has 0 amide bonds. The van der Waals surface area contributed by atoms with E-state index in [2.05, 4.69) is 55.4 Å². The molecule has 0 saturated heterocycles. The van der Waals surface area contributed by atoms with Gasteiger partial charge in [0.25, 0.3) is 10.8 Å². The molecule has 0 rings (SSSR count). The fourth-order valence-corrected chi connectivity index (χ4v) is 2.68. The summed E-state index contributed by atoms with van der Waals surface area (Å²) >= 11 is 0. The Morgan fingerprint density at radius 3 is 0.636 bits per heavy atom. The van der Waals surface area contributed by atoms with Crippen molar-refractivity contribution < 1.29 is 33.7 Å². The fraction of sp³-hybridized carbons (Fsp3) is 1.00. The van der Waals surface area contributed by atoms with Crippen LogP contribution in [-0.2, 0) is 0 Å². The second-order valence-electron chi connectivity index (χ2n) is 5.41. The zero-order chi connectivity index (χ0) is 18.2. The van der Waals surface area contributed by atoms with Gasteiger partial charge in [-0.25, -0.2) is 0 Å². The Morgan fingerprint density at radius 1 is 0.545 bits per heavy atom. The zero-order valence-electron chi connectivity index (χ0n) is 16.2. The van der Waals surface area contributed by atoms with Gasteiger partial charge in [-0.15, -0.1) is 0 Å². The van der Waals surface area contributed by atoms with Crippen molar-refractivity contribution in [3.63, 3.8) is 0 Å². The molecule has 0 radical (unpaired) electrons. The van der Waals surface area contributed by atoms with Crippen LogP contribution < -0.4 is 9.32 Å². The van der Waals surface area contributed by atoms with E-state index in [-0.39, 0.29) is 0 Å². The van der Waals surface area contributed by atoms with Gasteiger partial charge in [-0.3, -0.25) is 0 Å². The monoisotopic (exact) mass is 344 g/mol. The Balaban J connectivity index is -0.000000266. The molecule has 0 aliphatic rings. The highest BCUT2D eigenvalue weighted by molar-refractivity contribution is 4.31. The van der Waals surface area contributed by atoms with E-state index in [9.17, 15) is 0 Å². The molecular formula is C16H41ClN2O3+2. The van der Waals surface area contributed by atoms with E-state index >= 15 is 0 Å². The number of quaternary nitrogens is 2. The van der Waals surface area contributed by atoms with E-state index in [1.54, 1.807) is 0 Å². The Labute approximate surface area is 142 Å². The third-order valence-electron chi connectivity index (χ3n) is 5.37. The third kappa shape index (κ3) is 12.6. The topological polar surface area (TPSA) is 66.3 Å². The average Bonchev–Trinajstić information content (AvgIpc) is 2.53. The summed E-state index contributed by atoms with van der Waals surface area (Å²) in [7, 11) is -2.60. The van der Waals surface area contributed by atoms with Crippen molar-refractivity contribution in [3.05, 3.63) is 0 Å². The first-order valence-electron chi connectivity index (χ1n) is 8.66. The molecule has 5 nitrogen and oxygen atoms in total. The lowest BCUT2D eigenvalue weighted by atomic mass is 10.3. The molecule has 0 heterocycles. The van der Waals surface area contributed by atoms with E-state index in [1.165, 1.54) is 61.3 Å². The SMILES string of the molecule is CC[N+](CC)(CC)CC.CC[N+](CC)(CC)CC.[O-][Cl+2]([O-])O. The second-order valence-corrected chi connectivity index (χ2v) is 5.82. The molecule has 0 fully saturated rings. The smallest absolute Gasteiger partial charge is 0.282 e. The molecule has 0 aromatic carbocycles. The van der Waals surface area contributed by atoms with Gasteiger partial charge >= 0.3 is 0 Å². The number of hydrogen-bond donors (Lipinski definition) is 1. The molecule has 0 bridgehead atoms. The summed E-state index contributed by atoms with van der Waals surface area (Å²) in [6, 6.07) is 0. The summed E-state index contributed by atoms with van der Waals surface area (Å²) in [4.78, 5) is 0. The van der Waals surface area contributed by atoms with Crippen molar-refractivity contribution in [2.45, 2.75) is 55.4 Å². The van der Waals surface area contributed by atoms with Crippen LogP contribution in [0.5, 0.6) is 0 Å². The lowest BCUT2D eigenvalue weighted by Crippen LogP contribution is -2.47. The van der Waals surface area contributed by atoms with Crippen LogP contribution in [0.15, 0.2) is 0 Å². The summed E-state index contributed by atoms with van der Waals surface area (Å²) in [6.07, 6.45) is 0. The Morgan fingerprint density at radius 2 is 0.636 bits per heavy atom. The Kier molecular flexibility index (Phi) is 19.6. The van der Waals surface area contributed by atoms with E-state index < -0.39 is 10.8 Å². The Hall–Kier alpha value is 0.0900. The van der Waals surface area contributed by atoms with Gasteiger partial charge in [0.05, 0.1) is 52.4 Å². The largest absolute Gasteiger partial charge is 0.325 e. The normalized spacial score (nSPS) is 11.5. The van der Waals surface area contributed by atoms with Crippen LogP contribution in [0, 0.1) is 10.8 Å². The summed E-state index contributed by atoms with van der Waals surface area (Å²) in [5, 5.41) is 0. The van der Waals surface area contributed by atoms with E-state index in [1.807, 2.05) is 0 Å². The van der Waals surface area contributed by atoms with Crippen LogP contribution in [0.1, 0.15) is 55.4 Å². The molecular weight excluding hydrogens is 304 g/mol. The van der Waals surface area contributed by atoms with Gasteiger partial charge in [-0.05, 0) is 55.4 Å². The maximum atomic E-state index is 8.52. The minimum atomic E-state index is -2.60. The van der Waals surface area contributed by atoms with Crippen molar-refractivity contribution in [1.29, 1.82) is 0 Å². The molecule has 6 heteroatoms. The van der Waals surface area contributed by atoms with E-state index in [0.717, 1.165) is 0 Å². The fourth-order valence-electron chi connectivity index (χ4n) is 2.68. The zero-order valence-corrected chi connectivity index (χ0v) is 16.9. The van der Waals surface area contributed by atoms with Crippen molar-refractivity contribution in [2.24, 2.45) is 0 Å². The average molecular weight is 345 g/mol. The third-order valence-corrected chi connectivity index (χ3v) is 5.37. The van der Waals surface area contributed by atoms with Gasteiger partial charge in [0, 0.05) is 4.66 Å². The molecule has 0 unspecified atom stereocenters. The predicted molar refractivity (Wildman–Crippen MR) is 87.1 cm³/mol. The van der Waals surface area contributed by atoms with Gasteiger partial charge in [0.15, 0.2) is 0 Å². The molecule has 0 aromatic rings. The van der Waals surface area contributed by atoms with Crippen LogP contribution in [0.2, 0.25) is 0 Å². The van der Waals surface area contributed by atoms with Crippen LogP contribution in [0.3, 0.4) is 0 Å². The minimum Gasteiger partial charge on any atom is -0.325 e.